The molecule has 0 aromatic rings. The highest BCUT2D eigenvalue weighted by atomic mass is 31.2. The van der Waals surface area contributed by atoms with Gasteiger partial charge in [-0.15, -0.1) is 0 Å². The highest BCUT2D eigenvalue weighted by Crippen LogP contribution is 2.45. The largest absolute Gasteiger partial charge is 0.472 e. The van der Waals surface area contributed by atoms with Gasteiger partial charge in [0, 0.05) is 25.7 Å². The van der Waals surface area contributed by atoms with Gasteiger partial charge in [-0.1, -0.05) is 344 Å². The Morgan fingerprint density at radius 2 is 0.495 bits per heavy atom. The molecule has 0 fully saturated rings. The maximum absolute atomic E-state index is 13.1. The average molecular weight is 1420 g/mol. The van der Waals surface area contributed by atoms with Crippen molar-refractivity contribution in [3.05, 3.63) is 0 Å². The van der Waals surface area contributed by atoms with Gasteiger partial charge in [-0.05, 0) is 49.4 Å². The number of aliphatic hydroxyl groups excluding tert-OH is 1. The fourth-order valence-electron chi connectivity index (χ4n) is 11.9. The van der Waals surface area contributed by atoms with Crippen LogP contribution in [0.1, 0.15) is 396 Å². The Morgan fingerprint density at radius 1 is 0.289 bits per heavy atom. The predicted molar refractivity (Wildman–Crippen MR) is 395 cm³/mol. The molecule has 4 unspecified atom stereocenters. The molecule has 3 N–H and O–H groups in total. The molecular formula is C78H152O17P2. The summed E-state index contributed by atoms with van der Waals surface area (Å²) in [5, 5.41) is 10.6. The molecule has 0 saturated heterocycles. The number of rotatable bonds is 75. The van der Waals surface area contributed by atoms with Crippen molar-refractivity contribution in [1.82, 2.24) is 0 Å². The molecule has 576 valence electrons. The van der Waals surface area contributed by atoms with E-state index in [1.807, 2.05) is 0 Å². The van der Waals surface area contributed by atoms with Crippen LogP contribution in [0.2, 0.25) is 0 Å². The van der Waals surface area contributed by atoms with Gasteiger partial charge in [-0.2, -0.15) is 0 Å². The smallest absolute Gasteiger partial charge is 0.462 e. The van der Waals surface area contributed by atoms with E-state index in [1.54, 1.807) is 0 Å². The van der Waals surface area contributed by atoms with E-state index < -0.39 is 97.5 Å². The molecule has 0 radical (unpaired) electrons. The fourth-order valence-corrected chi connectivity index (χ4v) is 13.5. The van der Waals surface area contributed by atoms with Gasteiger partial charge >= 0.3 is 39.5 Å². The first kappa shape index (κ1) is 95.1. The van der Waals surface area contributed by atoms with Crippen LogP contribution in [0.25, 0.3) is 0 Å². The van der Waals surface area contributed by atoms with Gasteiger partial charge in [0.2, 0.25) is 0 Å². The van der Waals surface area contributed by atoms with E-state index in [-0.39, 0.29) is 25.7 Å². The van der Waals surface area contributed by atoms with Crippen LogP contribution < -0.4 is 0 Å². The molecule has 97 heavy (non-hydrogen) atoms. The van der Waals surface area contributed by atoms with Gasteiger partial charge in [0.05, 0.1) is 26.4 Å². The summed E-state index contributed by atoms with van der Waals surface area (Å²) >= 11 is 0. The van der Waals surface area contributed by atoms with Gasteiger partial charge in [-0.25, -0.2) is 9.13 Å². The number of carbonyl (C=O) groups is 4. The lowest BCUT2D eigenvalue weighted by atomic mass is 9.99. The van der Waals surface area contributed by atoms with Crippen LogP contribution in [0.15, 0.2) is 0 Å². The second-order valence-electron chi connectivity index (χ2n) is 29.8. The third kappa shape index (κ3) is 70.9. The number of phosphoric acid groups is 2. The van der Waals surface area contributed by atoms with Crippen LogP contribution in [0.5, 0.6) is 0 Å². The molecule has 0 aliphatic heterocycles. The number of hydrogen-bond acceptors (Lipinski definition) is 15. The van der Waals surface area contributed by atoms with Gasteiger partial charge in [0.25, 0.3) is 0 Å². The van der Waals surface area contributed by atoms with Crippen LogP contribution in [-0.2, 0) is 65.4 Å². The first-order chi connectivity index (χ1) is 46.6. The summed E-state index contributed by atoms with van der Waals surface area (Å²) in [4.78, 5) is 72.9. The van der Waals surface area contributed by atoms with E-state index in [0.717, 1.165) is 114 Å². The highest BCUT2D eigenvalue weighted by Gasteiger charge is 2.30. The van der Waals surface area contributed by atoms with E-state index in [0.29, 0.717) is 31.6 Å². The van der Waals surface area contributed by atoms with Crippen molar-refractivity contribution in [2.45, 2.75) is 414 Å². The summed E-state index contributed by atoms with van der Waals surface area (Å²) < 4.78 is 68.6. The highest BCUT2D eigenvalue weighted by molar-refractivity contribution is 7.47. The lowest BCUT2D eigenvalue weighted by molar-refractivity contribution is -0.161. The Hall–Kier alpha value is -1.94. The van der Waals surface area contributed by atoms with Crippen LogP contribution in [0.3, 0.4) is 0 Å². The van der Waals surface area contributed by atoms with Gasteiger partial charge in [0.1, 0.15) is 19.3 Å². The van der Waals surface area contributed by atoms with Gasteiger partial charge < -0.3 is 33.8 Å². The molecule has 0 rings (SSSR count). The molecule has 17 nitrogen and oxygen atoms in total. The lowest BCUT2D eigenvalue weighted by Gasteiger charge is -2.21. The Kier molecular flexibility index (Phi) is 65.9. The fraction of sp³-hybridized carbons (Fsp3) is 0.949. The topological polar surface area (TPSA) is 237 Å². The van der Waals surface area contributed by atoms with E-state index in [1.165, 1.54) is 193 Å². The Morgan fingerprint density at radius 3 is 0.732 bits per heavy atom. The van der Waals surface area contributed by atoms with Crippen molar-refractivity contribution in [1.29, 1.82) is 0 Å². The summed E-state index contributed by atoms with van der Waals surface area (Å²) in [6, 6.07) is 0. The van der Waals surface area contributed by atoms with Crippen LogP contribution in [0.4, 0.5) is 0 Å². The Balaban J connectivity index is 5.24. The summed E-state index contributed by atoms with van der Waals surface area (Å²) in [6.45, 7) is 14.2. The summed E-state index contributed by atoms with van der Waals surface area (Å²) in [7, 11) is -9.92. The molecule has 0 saturated carbocycles. The lowest BCUT2D eigenvalue weighted by Crippen LogP contribution is -2.30. The SMILES string of the molecule is CCC(C)CCCCCCCCCCCCCCCCC(=O)OC[C@H](COP(=O)(O)OCC(O)COP(=O)(O)OC[C@@H](COC(=O)CCCCCCCCCC(C)C)OC(=O)CCCCCCCCCCCCCCC(C)C)OC(=O)CCCCCCCCCCCCCC(C)C. The number of carbonyl (C=O) groups excluding carboxylic acids is 4. The van der Waals surface area contributed by atoms with Crippen molar-refractivity contribution in [3.63, 3.8) is 0 Å². The van der Waals surface area contributed by atoms with Crippen LogP contribution >= 0.6 is 15.6 Å². The summed E-state index contributed by atoms with van der Waals surface area (Å²) in [6.07, 6.45) is 52.7. The molecule has 0 amide bonds. The Bertz CT molecular complexity index is 1900. The minimum absolute atomic E-state index is 0.106. The standard InChI is InChI=1S/C78H152O17P2/c1-9-71(8)57-49-41-33-25-19-12-10-11-13-20-26-34-42-50-58-75(80)88-64-73(94-78(83)61-53-45-36-28-22-16-18-24-31-39-47-55-69(4)5)66-92-96(84,85)90-62-72(79)63-91-97(86,87)93-67-74(65-89-76(81)59-51-43-37-29-32-40-48-56-70(6)7)95-77(82)60-52-44-35-27-21-15-14-17-23-30-38-46-54-68(2)3/h68-74,79H,9-67H2,1-8H3,(H,84,85)(H,86,87)/t71?,72?,73-,74-/m1/s1. The summed E-state index contributed by atoms with van der Waals surface area (Å²) in [5.74, 6) is 0.979. The molecule has 0 aliphatic carbocycles. The normalized spacial score (nSPS) is 14.4. The van der Waals surface area contributed by atoms with E-state index in [9.17, 15) is 43.2 Å². The molecular weight excluding hydrogens is 1270 g/mol. The number of aliphatic hydroxyl groups is 1. The second kappa shape index (κ2) is 67.2. The van der Waals surface area contributed by atoms with Gasteiger partial charge in [0.15, 0.2) is 12.2 Å². The van der Waals surface area contributed by atoms with Crippen molar-refractivity contribution in [2.75, 3.05) is 39.6 Å². The molecule has 0 aromatic heterocycles. The number of ether oxygens (including phenoxy) is 4. The Labute approximate surface area is 594 Å². The number of esters is 4. The van der Waals surface area contributed by atoms with Crippen molar-refractivity contribution >= 4 is 39.5 Å². The van der Waals surface area contributed by atoms with Gasteiger partial charge in [-0.3, -0.25) is 37.3 Å². The minimum atomic E-state index is -4.96. The predicted octanol–water partition coefficient (Wildman–Crippen LogP) is 22.8. The number of phosphoric ester groups is 2. The first-order valence-electron chi connectivity index (χ1n) is 40.2. The zero-order valence-corrected chi connectivity index (χ0v) is 65.5. The number of hydrogen-bond donors (Lipinski definition) is 3. The first-order valence-corrected chi connectivity index (χ1v) is 43.2. The van der Waals surface area contributed by atoms with Crippen LogP contribution in [-0.4, -0.2) is 96.7 Å². The molecule has 0 spiro atoms. The molecule has 0 aliphatic rings. The minimum Gasteiger partial charge on any atom is -0.462 e. The average Bonchev–Trinajstić information content (AvgIpc) is 1.54. The number of unbranched alkanes of at least 4 members (excludes halogenated alkanes) is 40. The quantitative estimate of drug-likeness (QED) is 0.0222. The second-order valence-corrected chi connectivity index (χ2v) is 32.7. The third-order valence-electron chi connectivity index (χ3n) is 18.4. The molecule has 0 bridgehead atoms. The third-order valence-corrected chi connectivity index (χ3v) is 20.3. The molecule has 19 heteroatoms. The zero-order chi connectivity index (χ0) is 71.7. The van der Waals surface area contributed by atoms with Crippen molar-refractivity contribution in [3.8, 4) is 0 Å². The summed E-state index contributed by atoms with van der Waals surface area (Å²) in [5.41, 5.74) is 0. The molecule has 0 aromatic carbocycles. The maximum Gasteiger partial charge on any atom is 0.472 e. The van der Waals surface area contributed by atoms with E-state index >= 15 is 0 Å². The van der Waals surface area contributed by atoms with Crippen molar-refractivity contribution in [2.24, 2.45) is 23.7 Å². The van der Waals surface area contributed by atoms with E-state index in [4.69, 9.17) is 37.0 Å². The van der Waals surface area contributed by atoms with Crippen LogP contribution in [0, 0.1) is 23.7 Å². The molecule has 0 heterocycles. The molecule has 6 atom stereocenters. The monoisotopic (exact) mass is 1420 g/mol. The maximum atomic E-state index is 13.1. The van der Waals surface area contributed by atoms with Crippen molar-refractivity contribution < 1.29 is 80.2 Å². The zero-order valence-electron chi connectivity index (χ0n) is 63.7. The van der Waals surface area contributed by atoms with E-state index in [2.05, 4.69) is 55.4 Å².